The Balaban J connectivity index is 1.82. The van der Waals surface area contributed by atoms with Crippen LogP contribution in [-0.4, -0.2) is 9.55 Å². The maximum absolute atomic E-state index is 6.18. The second-order valence-electron chi connectivity index (χ2n) is 4.41. The van der Waals surface area contributed by atoms with Crippen molar-refractivity contribution in [1.82, 2.24) is 9.55 Å². The van der Waals surface area contributed by atoms with E-state index in [0.717, 1.165) is 34.6 Å². The van der Waals surface area contributed by atoms with Gasteiger partial charge >= 0.3 is 0 Å². The van der Waals surface area contributed by atoms with Crippen LogP contribution in [0.25, 0.3) is 11.0 Å². The number of para-hydroxylation sites is 2. The number of aromatic nitrogens is 2. The molecule has 0 aliphatic heterocycles. The fourth-order valence-electron chi connectivity index (χ4n) is 2.15. The Bertz CT molecular complexity index is 719. The van der Waals surface area contributed by atoms with Gasteiger partial charge in [-0.3, -0.25) is 0 Å². The molecule has 19 heavy (non-hydrogen) atoms. The van der Waals surface area contributed by atoms with Gasteiger partial charge in [-0.2, -0.15) is 0 Å². The largest absolute Gasteiger partial charge is 0.330 e. The van der Waals surface area contributed by atoms with E-state index in [1.807, 2.05) is 36.7 Å². The quantitative estimate of drug-likeness (QED) is 0.690. The second-order valence-corrected chi connectivity index (χ2v) is 5.26. The van der Waals surface area contributed by atoms with E-state index < -0.39 is 0 Å². The summed E-state index contributed by atoms with van der Waals surface area (Å²) in [5, 5.41) is 1.39. The lowest BCUT2D eigenvalue weighted by molar-refractivity contribution is 0.716. The molecule has 1 aromatic heterocycles. The second kappa shape index (κ2) is 5.24. The van der Waals surface area contributed by atoms with E-state index >= 15 is 0 Å². The van der Waals surface area contributed by atoms with Crippen molar-refractivity contribution >= 4 is 34.2 Å². The minimum absolute atomic E-state index is 0.668. The monoisotopic (exact) mass is 290 g/mol. The molecule has 2 aromatic carbocycles. The topological polar surface area (TPSA) is 17.8 Å². The number of fused-ring (bicyclic) bond motifs is 1. The predicted octanol–water partition coefficient (Wildman–Crippen LogP) is 4.59. The van der Waals surface area contributed by atoms with Crippen LogP contribution in [0.2, 0.25) is 10.0 Å². The summed E-state index contributed by atoms with van der Waals surface area (Å²) in [5.41, 5.74) is 3.26. The van der Waals surface area contributed by atoms with E-state index in [9.17, 15) is 0 Å². The van der Waals surface area contributed by atoms with Crippen molar-refractivity contribution < 1.29 is 0 Å². The molecule has 0 atom stereocenters. The van der Waals surface area contributed by atoms with Crippen LogP contribution in [-0.2, 0) is 13.0 Å². The minimum Gasteiger partial charge on any atom is -0.330 e. The molecule has 2 nitrogen and oxygen atoms in total. The van der Waals surface area contributed by atoms with E-state index in [1.165, 1.54) is 0 Å². The third-order valence-electron chi connectivity index (χ3n) is 3.16. The maximum atomic E-state index is 6.18. The first kappa shape index (κ1) is 12.5. The highest BCUT2D eigenvalue weighted by Gasteiger charge is 2.04. The van der Waals surface area contributed by atoms with Gasteiger partial charge in [-0.25, -0.2) is 4.98 Å². The van der Waals surface area contributed by atoms with E-state index in [4.69, 9.17) is 23.2 Å². The number of nitrogens with zero attached hydrogens (tertiary/aromatic N) is 2. The molecular weight excluding hydrogens is 279 g/mol. The summed E-state index contributed by atoms with van der Waals surface area (Å²) in [6.07, 6.45) is 2.73. The molecule has 0 radical (unpaired) electrons. The van der Waals surface area contributed by atoms with Crippen LogP contribution in [0.4, 0.5) is 0 Å². The van der Waals surface area contributed by atoms with E-state index in [0.29, 0.717) is 5.02 Å². The predicted molar refractivity (Wildman–Crippen MR) is 79.9 cm³/mol. The average molecular weight is 291 g/mol. The Morgan fingerprint density at radius 1 is 1.05 bits per heavy atom. The van der Waals surface area contributed by atoms with Gasteiger partial charge in [0, 0.05) is 16.6 Å². The third-order valence-corrected chi connectivity index (χ3v) is 3.75. The lowest BCUT2D eigenvalue weighted by Gasteiger charge is -2.06. The highest BCUT2D eigenvalue weighted by atomic mass is 35.5. The molecule has 0 N–H and O–H groups in total. The number of halogens is 2. The van der Waals surface area contributed by atoms with Crippen LogP contribution in [0.15, 0.2) is 48.8 Å². The zero-order valence-corrected chi connectivity index (χ0v) is 11.7. The van der Waals surface area contributed by atoms with Crippen LogP contribution >= 0.6 is 23.2 Å². The highest BCUT2D eigenvalue weighted by Crippen LogP contribution is 2.22. The lowest BCUT2D eigenvalue weighted by atomic mass is 10.1. The van der Waals surface area contributed by atoms with Gasteiger partial charge in [-0.1, -0.05) is 41.4 Å². The highest BCUT2D eigenvalue weighted by molar-refractivity contribution is 6.35. The van der Waals surface area contributed by atoms with Crippen molar-refractivity contribution in [1.29, 1.82) is 0 Å². The van der Waals surface area contributed by atoms with E-state index in [-0.39, 0.29) is 0 Å². The molecule has 0 amide bonds. The number of hydrogen-bond donors (Lipinski definition) is 0. The first-order chi connectivity index (χ1) is 9.24. The number of benzene rings is 2. The Kier molecular flexibility index (Phi) is 3.45. The first-order valence-electron chi connectivity index (χ1n) is 6.08. The fourth-order valence-corrected chi connectivity index (χ4v) is 2.66. The molecule has 3 rings (SSSR count). The Hall–Kier alpha value is -1.51. The molecule has 0 fully saturated rings. The van der Waals surface area contributed by atoms with Crippen molar-refractivity contribution in [2.45, 2.75) is 13.0 Å². The molecule has 0 spiro atoms. The Labute approximate surface area is 121 Å². The Morgan fingerprint density at radius 3 is 2.74 bits per heavy atom. The van der Waals surface area contributed by atoms with Crippen LogP contribution in [0.1, 0.15) is 5.56 Å². The van der Waals surface area contributed by atoms with Gasteiger partial charge in [0.05, 0.1) is 17.4 Å². The molecule has 0 aliphatic rings. The normalized spacial score (nSPS) is 11.1. The van der Waals surface area contributed by atoms with Gasteiger partial charge in [-0.15, -0.1) is 0 Å². The zero-order valence-electron chi connectivity index (χ0n) is 10.2. The van der Waals surface area contributed by atoms with Crippen LogP contribution in [0.3, 0.4) is 0 Å². The van der Waals surface area contributed by atoms with Gasteiger partial charge in [0.1, 0.15) is 0 Å². The number of aryl methyl sites for hydroxylation is 2. The molecule has 0 saturated carbocycles. The van der Waals surface area contributed by atoms with Gasteiger partial charge in [0.2, 0.25) is 0 Å². The van der Waals surface area contributed by atoms with Gasteiger partial charge in [-0.05, 0) is 36.2 Å². The molecular formula is C15H12Cl2N2. The summed E-state index contributed by atoms with van der Waals surface area (Å²) in [6.45, 7) is 0.849. The average Bonchev–Trinajstić information content (AvgIpc) is 2.81. The zero-order chi connectivity index (χ0) is 13.2. The molecule has 0 saturated heterocycles. The van der Waals surface area contributed by atoms with Gasteiger partial charge in [0.25, 0.3) is 0 Å². The summed E-state index contributed by atoms with van der Waals surface area (Å²) in [7, 11) is 0. The SMILES string of the molecule is Clc1ccc(CCn2cnc3ccccc32)c(Cl)c1. The lowest BCUT2D eigenvalue weighted by Crippen LogP contribution is -2.00. The van der Waals surface area contributed by atoms with E-state index in [1.54, 1.807) is 6.07 Å². The van der Waals surface area contributed by atoms with Crippen molar-refractivity contribution in [2.24, 2.45) is 0 Å². The summed E-state index contributed by atoms with van der Waals surface area (Å²) in [5.74, 6) is 0. The summed E-state index contributed by atoms with van der Waals surface area (Å²) >= 11 is 12.1. The molecule has 0 bridgehead atoms. The number of rotatable bonds is 3. The van der Waals surface area contributed by atoms with E-state index in [2.05, 4.69) is 15.6 Å². The summed E-state index contributed by atoms with van der Waals surface area (Å²) in [4.78, 5) is 4.38. The van der Waals surface area contributed by atoms with Crippen LogP contribution < -0.4 is 0 Å². The van der Waals surface area contributed by atoms with Crippen LogP contribution in [0.5, 0.6) is 0 Å². The van der Waals surface area contributed by atoms with Crippen LogP contribution in [0, 0.1) is 0 Å². The number of imidazole rings is 1. The van der Waals surface area contributed by atoms with Crippen molar-refractivity contribution in [3.8, 4) is 0 Å². The number of hydrogen-bond acceptors (Lipinski definition) is 1. The van der Waals surface area contributed by atoms with Crippen molar-refractivity contribution in [3.05, 3.63) is 64.4 Å². The van der Waals surface area contributed by atoms with Crippen molar-refractivity contribution in [2.75, 3.05) is 0 Å². The molecule has 3 aromatic rings. The fraction of sp³-hybridized carbons (Fsp3) is 0.133. The maximum Gasteiger partial charge on any atom is 0.0958 e. The minimum atomic E-state index is 0.668. The summed E-state index contributed by atoms with van der Waals surface area (Å²) in [6, 6.07) is 13.7. The smallest absolute Gasteiger partial charge is 0.0958 e. The standard InChI is InChI=1S/C15H12Cl2N2/c16-12-6-5-11(13(17)9-12)7-8-19-10-18-14-3-1-2-4-15(14)19/h1-6,9-10H,7-8H2. The van der Waals surface area contributed by atoms with Crippen molar-refractivity contribution in [3.63, 3.8) is 0 Å². The van der Waals surface area contributed by atoms with Gasteiger partial charge < -0.3 is 4.57 Å². The first-order valence-corrected chi connectivity index (χ1v) is 6.83. The molecule has 0 unspecified atom stereocenters. The molecule has 0 aliphatic carbocycles. The molecule has 1 heterocycles. The summed E-state index contributed by atoms with van der Waals surface area (Å²) < 4.78 is 2.14. The Morgan fingerprint density at radius 2 is 1.89 bits per heavy atom. The molecule has 4 heteroatoms. The molecule has 96 valence electrons. The van der Waals surface area contributed by atoms with Gasteiger partial charge in [0.15, 0.2) is 0 Å². The third kappa shape index (κ3) is 2.60.